The summed E-state index contributed by atoms with van der Waals surface area (Å²) in [5.41, 5.74) is 0.788. The van der Waals surface area contributed by atoms with Crippen molar-refractivity contribution in [2.75, 3.05) is 37.8 Å². The Bertz CT molecular complexity index is 645. The smallest absolute Gasteiger partial charge is 0.276 e. The van der Waals surface area contributed by atoms with Crippen molar-refractivity contribution < 1.29 is 4.79 Å². The number of anilines is 2. The van der Waals surface area contributed by atoms with Gasteiger partial charge in [0.1, 0.15) is 5.82 Å². The topological polar surface area (TPSA) is 70.2 Å². The quantitative estimate of drug-likeness (QED) is 0.762. The molecule has 7 heteroatoms. The molecule has 1 aromatic heterocycles. The van der Waals surface area contributed by atoms with Crippen molar-refractivity contribution in [3.63, 3.8) is 0 Å². The average Bonchev–Trinajstić information content (AvgIpc) is 2.54. The van der Waals surface area contributed by atoms with Crippen LogP contribution >= 0.6 is 11.6 Å². The van der Waals surface area contributed by atoms with Gasteiger partial charge < -0.3 is 15.5 Å². The van der Waals surface area contributed by atoms with E-state index in [1.54, 1.807) is 36.4 Å². The van der Waals surface area contributed by atoms with Gasteiger partial charge in [0.25, 0.3) is 5.91 Å². The van der Waals surface area contributed by atoms with Gasteiger partial charge in [-0.1, -0.05) is 23.7 Å². The van der Waals surface area contributed by atoms with Gasteiger partial charge in [-0.2, -0.15) is 0 Å². The number of para-hydroxylation sites is 1. The zero-order valence-corrected chi connectivity index (χ0v) is 14.0. The van der Waals surface area contributed by atoms with Crippen molar-refractivity contribution in [1.82, 2.24) is 15.1 Å². The number of benzene rings is 1. The molecule has 0 unspecified atom stereocenters. The van der Waals surface area contributed by atoms with Crippen LogP contribution in [0.4, 0.5) is 11.5 Å². The Kier molecular flexibility index (Phi) is 6.31. The molecule has 0 atom stereocenters. The highest BCUT2D eigenvalue weighted by molar-refractivity contribution is 6.33. The van der Waals surface area contributed by atoms with E-state index in [1.165, 1.54) is 0 Å². The Morgan fingerprint density at radius 3 is 2.61 bits per heavy atom. The maximum atomic E-state index is 12.1. The van der Waals surface area contributed by atoms with Crippen LogP contribution in [-0.2, 0) is 0 Å². The zero-order valence-electron chi connectivity index (χ0n) is 13.2. The highest BCUT2D eigenvalue weighted by Crippen LogP contribution is 2.20. The SMILES string of the molecule is CN(C)CCCNc1ccc(C(=O)Nc2ccccc2Cl)nn1. The van der Waals surface area contributed by atoms with Gasteiger partial charge in [0.2, 0.25) is 0 Å². The molecule has 1 amide bonds. The molecule has 2 N–H and O–H groups in total. The number of hydrogen-bond donors (Lipinski definition) is 2. The van der Waals surface area contributed by atoms with E-state index in [9.17, 15) is 4.79 Å². The summed E-state index contributed by atoms with van der Waals surface area (Å²) in [6.07, 6.45) is 1.00. The lowest BCUT2D eigenvalue weighted by Gasteiger charge is -2.10. The molecule has 6 nitrogen and oxygen atoms in total. The van der Waals surface area contributed by atoms with Gasteiger partial charge in [-0.05, 0) is 51.3 Å². The molecule has 1 heterocycles. The highest BCUT2D eigenvalue weighted by Gasteiger charge is 2.10. The van der Waals surface area contributed by atoms with E-state index in [-0.39, 0.29) is 11.6 Å². The van der Waals surface area contributed by atoms with Crippen molar-refractivity contribution in [2.45, 2.75) is 6.42 Å². The van der Waals surface area contributed by atoms with Gasteiger partial charge in [0, 0.05) is 6.54 Å². The second-order valence-electron chi connectivity index (χ2n) is 5.32. The molecule has 0 saturated carbocycles. The first-order chi connectivity index (χ1) is 11.1. The molecule has 2 rings (SSSR count). The predicted octanol–water partition coefficient (Wildman–Crippen LogP) is 2.75. The zero-order chi connectivity index (χ0) is 16.7. The third-order valence-electron chi connectivity index (χ3n) is 3.11. The molecule has 0 bridgehead atoms. The molecule has 0 aliphatic rings. The summed E-state index contributed by atoms with van der Waals surface area (Å²) in [6.45, 7) is 1.80. The van der Waals surface area contributed by atoms with E-state index in [1.807, 2.05) is 14.1 Å². The third-order valence-corrected chi connectivity index (χ3v) is 3.44. The summed E-state index contributed by atoms with van der Waals surface area (Å²) in [6, 6.07) is 10.4. The van der Waals surface area contributed by atoms with Crippen LogP contribution in [0.1, 0.15) is 16.9 Å². The van der Waals surface area contributed by atoms with Crippen LogP contribution in [-0.4, -0.2) is 48.2 Å². The fraction of sp³-hybridized carbons (Fsp3) is 0.312. The van der Waals surface area contributed by atoms with Gasteiger partial charge in [-0.25, -0.2) is 0 Å². The summed E-state index contributed by atoms with van der Waals surface area (Å²) in [7, 11) is 4.07. The van der Waals surface area contributed by atoms with E-state index in [0.717, 1.165) is 19.5 Å². The van der Waals surface area contributed by atoms with Crippen molar-refractivity contribution in [3.05, 3.63) is 47.1 Å². The number of hydrogen-bond acceptors (Lipinski definition) is 5. The maximum Gasteiger partial charge on any atom is 0.276 e. The van der Waals surface area contributed by atoms with Gasteiger partial charge in [-0.3, -0.25) is 4.79 Å². The number of halogens is 1. The summed E-state index contributed by atoms with van der Waals surface area (Å²) in [5.74, 6) is 0.308. The number of rotatable bonds is 7. The molecule has 0 radical (unpaired) electrons. The fourth-order valence-corrected chi connectivity index (χ4v) is 2.09. The van der Waals surface area contributed by atoms with E-state index in [4.69, 9.17) is 11.6 Å². The van der Waals surface area contributed by atoms with E-state index < -0.39 is 0 Å². The van der Waals surface area contributed by atoms with Gasteiger partial charge in [-0.15, -0.1) is 10.2 Å². The Morgan fingerprint density at radius 1 is 1.17 bits per heavy atom. The lowest BCUT2D eigenvalue weighted by molar-refractivity contribution is 0.102. The lowest BCUT2D eigenvalue weighted by Crippen LogP contribution is -2.17. The first-order valence-corrected chi connectivity index (χ1v) is 7.72. The summed E-state index contributed by atoms with van der Waals surface area (Å²) in [5, 5.41) is 14.3. The van der Waals surface area contributed by atoms with Crippen molar-refractivity contribution in [2.24, 2.45) is 0 Å². The Labute approximate surface area is 140 Å². The molecule has 0 spiro atoms. The van der Waals surface area contributed by atoms with Crippen LogP contribution in [0.3, 0.4) is 0 Å². The maximum absolute atomic E-state index is 12.1. The lowest BCUT2D eigenvalue weighted by atomic mass is 10.3. The van der Waals surface area contributed by atoms with Crippen molar-refractivity contribution in [1.29, 1.82) is 0 Å². The van der Waals surface area contributed by atoms with E-state index in [2.05, 4.69) is 25.7 Å². The second kappa shape index (κ2) is 8.45. The second-order valence-corrected chi connectivity index (χ2v) is 5.73. The van der Waals surface area contributed by atoms with Crippen LogP contribution in [0.25, 0.3) is 0 Å². The molecule has 0 fully saturated rings. The number of carbonyl (C=O) groups excluding carboxylic acids is 1. The first-order valence-electron chi connectivity index (χ1n) is 7.34. The van der Waals surface area contributed by atoms with Gasteiger partial charge in [0.15, 0.2) is 5.69 Å². The normalized spacial score (nSPS) is 10.6. The number of nitrogens with zero attached hydrogens (tertiary/aromatic N) is 3. The van der Waals surface area contributed by atoms with E-state index in [0.29, 0.717) is 16.5 Å². The van der Waals surface area contributed by atoms with E-state index >= 15 is 0 Å². The van der Waals surface area contributed by atoms with Crippen molar-refractivity contribution >= 4 is 29.0 Å². The predicted molar refractivity (Wildman–Crippen MR) is 93.1 cm³/mol. The molecule has 1 aromatic carbocycles. The molecule has 122 valence electrons. The fourth-order valence-electron chi connectivity index (χ4n) is 1.91. The first kappa shape index (κ1) is 17.2. The standard InChI is InChI=1S/C16H20ClN5O/c1-22(2)11-5-10-18-15-9-8-14(20-21-15)16(23)19-13-7-4-3-6-12(13)17/h3-4,6-9H,5,10-11H2,1-2H3,(H,18,21)(H,19,23). The van der Waals surface area contributed by atoms with Crippen LogP contribution in [0.2, 0.25) is 5.02 Å². The minimum atomic E-state index is -0.343. The number of nitrogens with one attached hydrogen (secondary N) is 2. The molecular weight excluding hydrogens is 314 g/mol. The summed E-state index contributed by atoms with van der Waals surface area (Å²) in [4.78, 5) is 14.2. The third kappa shape index (κ3) is 5.50. The largest absolute Gasteiger partial charge is 0.369 e. The Morgan fingerprint density at radius 2 is 1.96 bits per heavy atom. The van der Waals surface area contributed by atoms with Crippen LogP contribution in [0.15, 0.2) is 36.4 Å². The monoisotopic (exact) mass is 333 g/mol. The molecule has 23 heavy (non-hydrogen) atoms. The van der Waals surface area contributed by atoms with Gasteiger partial charge in [0.05, 0.1) is 10.7 Å². The highest BCUT2D eigenvalue weighted by atomic mass is 35.5. The number of carbonyl (C=O) groups is 1. The molecule has 0 aliphatic heterocycles. The average molecular weight is 334 g/mol. The van der Waals surface area contributed by atoms with Crippen LogP contribution < -0.4 is 10.6 Å². The molecule has 0 saturated heterocycles. The number of aromatic nitrogens is 2. The molecule has 0 aliphatic carbocycles. The minimum absolute atomic E-state index is 0.240. The van der Waals surface area contributed by atoms with Crippen LogP contribution in [0.5, 0.6) is 0 Å². The summed E-state index contributed by atoms with van der Waals surface area (Å²) >= 11 is 6.01. The number of amides is 1. The Balaban J connectivity index is 1.89. The Hall–Kier alpha value is -2.18. The van der Waals surface area contributed by atoms with Gasteiger partial charge >= 0.3 is 0 Å². The minimum Gasteiger partial charge on any atom is -0.369 e. The summed E-state index contributed by atoms with van der Waals surface area (Å²) < 4.78 is 0. The molecular formula is C16H20ClN5O. The van der Waals surface area contributed by atoms with Crippen LogP contribution in [0, 0.1) is 0 Å². The molecule has 2 aromatic rings. The van der Waals surface area contributed by atoms with Crippen molar-refractivity contribution in [3.8, 4) is 0 Å².